The topological polar surface area (TPSA) is 44.4 Å². The molecule has 4 nitrogen and oxygen atoms in total. The summed E-state index contributed by atoms with van der Waals surface area (Å²) in [6, 6.07) is 1.00. The van der Waals surface area contributed by atoms with Crippen molar-refractivity contribution in [3.05, 3.63) is 0 Å². The van der Waals surface area contributed by atoms with E-state index in [0.717, 1.165) is 38.4 Å². The van der Waals surface area contributed by atoms with Crippen LogP contribution in [-0.2, 0) is 4.79 Å². The maximum atomic E-state index is 12.2. The quantitative estimate of drug-likeness (QED) is 0.807. The van der Waals surface area contributed by atoms with Crippen LogP contribution in [0.4, 0.5) is 0 Å². The van der Waals surface area contributed by atoms with E-state index in [4.69, 9.17) is 0 Å². The number of nitrogens with zero attached hydrogens (tertiary/aromatic N) is 1. The average Bonchev–Trinajstić information content (AvgIpc) is 2.48. The predicted octanol–water partition coefficient (Wildman–Crippen LogP) is 1.76. The van der Waals surface area contributed by atoms with Crippen molar-refractivity contribution in [2.45, 2.75) is 64.5 Å². The first-order valence-electron chi connectivity index (χ1n) is 8.43. The Morgan fingerprint density at radius 3 is 2.40 bits per heavy atom. The van der Waals surface area contributed by atoms with Gasteiger partial charge in [0.15, 0.2) is 0 Å². The van der Waals surface area contributed by atoms with Crippen LogP contribution in [-0.4, -0.2) is 49.1 Å². The number of rotatable bonds is 5. The maximum absolute atomic E-state index is 12.2. The zero-order valence-corrected chi connectivity index (χ0v) is 13.2. The lowest BCUT2D eigenvalue weighted by molar-refractivity contribution is -0.123. The van der Waals surface area contributed by atoms with E-state index in [1.807, 2.05) is 0 Å². The largest absolute Gasteiger partial charge is 0.352 e. The first-order valence-corrected chi connectivity index (χ1v) is 8.43. The Morgan fingerprint density at radius 1 is 1.15 bits per heavy atom. The van der Waals surface area contributed by atoms with Gasteiger partial charge in [0.05, 0.1) is 6.54 Å². The van der Waals surface area contributed by atoms with E-state index in [2.05, 4.69) is 29.4 Å². The van der Waals surface area contributed by atoms with E-state index in [1.165, 1.54) is 25.7 Å². The molecule has 0 aromatic heterocycles. The number of hydrogen-bond donors (Lipinski definition) is 2. The van der Waals surface area contributed by atoms with Crippen LogP contribution in [0.3, 0.4) is 0 Å². The molecule has 4 heteroatoms. The Bertz CT molecular complexity index is 294. The van der Waals surface area contributed by atoms with E-state index in [0.29, 0.717) is 18.6 Å². The van der Waals surface area contributed by atoms with Crippen LogP contribution in [0.1, 0.15) is 52.4 Å². The molecule has 0 spiro atoms. The SMILES string of the molecule is CCN(CC(=O)NC1CCC(C)CC1)C1CCNCC1. The molecule has 1 aliphatic carbocycles. The second-order valence-corrected chi connectivity index (χ2v) is 6.57. The Kier molecular flexibility index (Phi) is 6.30. The first kappa shape index (κ1) is 15.8. The molecule has 0 atom stereocenters. The standard InChI is InChI=1S/C16H31N3O/c1-3-19(15-8-10-17-11-9-15)12-16(20)18-14-6-4-13(2)5-7-14/h13-15,17H,3-12H2,1-2H3,(H,18,20). The summed E-state index contributed by atoms with van der Waals surface area (Å²) in [5.41, 5.74) is 0. The number of carbonyl (C=O) groups excluding carboxylic acids is 1. The summed E-state index contributed by atoms with van der Waals surface area (Å²) < 4.78 is 0. The Hall–Kier alpha value is -0.610. The Morgan fingerprint density at radius 2 is 1.80 bits per heavy atom. The third-order valence-electron chi connectivity index (χ3n) is 4.96. The molecular formula is C16H31N3O. The fourth-order valence-corrected chi connectivity index (χ4v) is 3.53. The Labute approximate surface area is 123 Å². The number of hydrogen-bond acceptors (Lipinski definition) is 3. The molecule has 2 rings (SSSR count). The van der Waals surface area contributed by atoms with Gasteiger partial charge in [-0.25, -0.2) is 0 Å². The summed E-state index contributed by atoms with van der Waals surface area (Å²) in [6.45, 7) is 8.20. The number of likely N-dealkylation sites (N-methyl/N-ethyl adjacent to an activating group) is 1. The van der Waals surface area contributed by atoms with Gasteiger partial charge < -0.3 is 10.6 Å². The first-order chi connectivity index (χ1) is 9.69. The van der Waals surface area contributed by atoms with Crippen LogP contribution in [0.2, 0.25) is 0 Å². The minimum absolute atomic E-state index is 0.227. The van der Waals surface area contributed by atoms with Crippen LogP contribution in [0.15, 0.2) is 0 Å². The third-order valence-corrected chi connectivity index (χ3v) is 4.96. The predicted molar refractivity (Wildman–Crippen MR) is 82.7 cm³/mol. The highest BCUT2D eigenvalue weighted by atomic mass is 16.2. The second-order valence-electron chi connectivity index (χ2n) is 6.57. The van der Waals surface area contributed by atoms with Gasteiger partial charge in [-0.05, 0) is 64.1 Å². The van der Waals surface area contributed by atoms with Gasteiger partial charge in [-0.1, -0.05) is 13.8 Å². The van der Waals surface area contributed by atoms with Crippen molar-refractivity contribution in [2.75, 3.05) is 26.2 Å². The number of piperidine rings is 1. The van der Waals surface area contributed by atoms with Crippen LogP contribution in [0, 0.1) is 5.92 Å². The lowest BCUT2D eigenvalue weighted by atomic mass is 9.87. The molecule has 0 unspecified atom stereocenters. The molecule has 2 fully saturated rings. The highest BCUT2D eigenvalue weighted by Crippen LogP contribution is 2.23. The van der Waals surface area contributed by atoms with Crippen LogP contribution in [0.25, 0.3) is 0 Å². The number of amides is 1. The molecule has 0 bridgehead atoms. The van der Waals surface area contributed by atoms with Crippen molar-refractivity contribution in [3.8, 4) is 0 Å². The molecule has 2 N–H and O–H groups in total. The molecular weight excluding hydrogens is 250 g/mol. The van der Waals surface area contributed by atoms with Gasteiger partial charge in [0, 0.05) is 12.1 Å². The van der Waals surface area contributed by atoms with E-state index in [-0.39, 0.29) is 5.91 Å². The number of nitrogens with one attached hydrogen (secondary N) is 2. The molecule has 1 aliphatic heterocycles. The zero-order chi connectivity index (χ0) is 14.4. The van der Waals surface area contributed by atoms with Gasteiger partial charge >= 0.3 is 0 Å². The minimum Gasteiger partial charge on any atom is -0.352 e. The van der Waals surface area contributed by atoms with E-state index >= 15 is 0 Å². The maximum Gasteiger partial charge on any atom is 0.234 e. The summed E-state index contributed by atoms with van der Waals surface area (Å²) >= 11 is 0. The van der Waals surface area contributed by atoms with Crippen LogP contribution >= 0.6 is 0 Å². The van der Waals surface area contributed by atoms with Crippen molar-refractivity contribution in [1.29, 1.82) is 0 Å². The van der Waals surface area contributed by atoms with Crippen LogP contribution < -0.4 is 10.6 Å². The normalized spacial score (nSPS) is 28.6. The highest BCUT2D eigenvalue weighted by molar-refractivity contribution is 5.78. The molecule has 20 heavy (non-hydrogen) atoms. The molecule has 0 aromatic rings. The van der Waals surface area contributed by atoms with Gasteiger partial charge in [-0.15, -0.1) is 0 Å². The summed E-state index contributed by atoms with van der Waals surface area (Å²) in [7, 11) is 0. The van der Waals surface area contributed by atoms with E-state index in [9.17, 15) is 4.79 Å². The van der Waals surface area contributed by atoms with Gasteiger partial charge in [0.25, 0.3) is 0 Å². The fraction of sp³-hybridized carbons (Fsp3) is 0.938. The monoisotopic (exact) mass is 281 g/mol. The summed E-state index contributed by atoms with van der Waals surface area (Å²) in [6.07, 6.45) is 7.18. The van der Waals surface area contributed by atoms with Crippen LogP contribution in [0.5, 0.6) is 0 Å². The minimum atomic E-state index is 0.227. The summed E-state index contributed by atoms with van der Waals surface area (Å²) in [4.78, 5) is 14.6. The zero-order valence-electron chi connectivity index (χ0n) is 13.2. The van der Waals surface area contributed by atoms with Gasteiger partial charge in [-0.3, -0.25) is 9.69 Å². The van der Waals surface area contributed by atoms with Gasteiger partial charge in [0.1, 0.15) is 0 Å². The molecule has 1 heterocycles. The third kappa shape index (κ3) is 4.74. The van der Waals surface area contributed by atoms with Gasteiger partial charge in [-0.2, -0.15) is 0 Å². The van der Waals surface area contributed by atoms with E-state index < -0.39 is 0 Å². The smallest absolute Gasteiger partial charge is 0.234 e. The van der Waals surface area contributed by atoms with Gasteiger partial charge in [0.2, 0.25) is 5.91 Å². The van der Waals surface area contributed by atoms with Crippen molar-refractivity contribution in [1.82, 2.24) is 15.5 Å². The molecule has 1 saturated carbocycles. The Balaban J connectivity index is 1.74. The molecule has 0 aromatic carbocycles. The summed E-state index contributed by atoms with van der Waals surface area (Å²) in [5.74, 6) is 1.06. The van der Waals surface area contributed by atoms with Crippen molar-refractivity contribution in [3.63, 3.8) is 0 Å². The number of carbonyl (C=O) groups is 1. The molecule has 0 radical (unpaired) electrons. The second kappa shape index (κ2) is 7.99. The average molecular weight is 281 g/mol. The van der Waals surface area contributed by atoms with Crippen molar-refractivity contribution >= 4 is 5.91 Å². The fourth-order valence-electron chi connectivity index (χ4n) is 3.53. The lowest BCUT2D eigenvalue weighted by Crippen LogP contribution is -2.49. The summed E-state index contributed by atoms with van der Waals surface area (Å²) in [5, 5.41) is 6.64. The van der Waals surface area contributed by atoms with Crippen molar-refractivity contribution in [2.24, 2.45) is 5.92 Å². The molecule has 116 valence electrons. The molecule has 1 saturated heterocycles. The van der Waals surface area contributed by atoms with E-state index in [1.54, 1.807) is 0 Å². The lowest BCUT2D eigenvalue weighted by Gasteiger charge is -2.34. The molecule has 2 aliphatic rings. The molecule has 1 amide bonds. The highest BCUT2D eigenvalue weighted by Gasteiger charge is 2.24. The van der Waals surface area contributed by atoms with Crippen molar-refractivity contribution < 1.29 is 4.79 Å².